The highest BCUT2D eigenvalue weighted by Gasteiger charge is 2.07. The number of nitrogens with one attached hydrogen (secondary N) is 1. The summed E-state index contributed by atoms with van der Waals surface area (Å²) in [5.41, 5.74) is 1.87. The molecule has 1 heterocycles. The van der Waals surface area contributed by atoms with Gasteiger partial charge in [-0.2, -0.15) is 0 Å². The molecule has 1 aromatic heterocycles. The van der Waals surface area contributed by atoms with Gasteiger partial charge in [-0.25, -0.2) is 9.97 Å². The second-order valence-electron chi connectivity index (χ2n) is 3.84. The summed E-state index contributed by atoms with van der Waals surface area (Å²) in [6, 6.07) is 9.75. The number of hydrogen-bond acceptors (Lipinski definition) is 4. The summed E-state index contributed by atoms with van der Waals surface area (Å²) in [4.78, 5) is 8.78. The van der Waals surface area contributed by atoms with Crippen LogP contribution in [0.15, 0.2) is 36.5 Å². The van der Waals surface area contributed by atoms with Crippen molar-refractivity contribution in [1.29, 1.82) is 0 Å². The number of hydrogen-bond donors (Lipinski definition) is 1. The summed E-state index contributed by atoms with van der Waals surface area (Å²) in [5.74, 6) is 1.62. The fraction of sp³-hybridized carbons (Fsp3) is 0.286. The highest BCUT2D eigenvalue weighted by Crippen LogP contribution is 2.27. The fourth-order valence-electron chi connectivity index (χ4n) is 1.73. The zero-order chi connectivity index (χ0) is 12.8. The standard InChI is InChI=1S/C14H17N3O/c1-3-15-10-14-16-9-8-12(17-14)11-6-4-5-7-13(11)18-2/h4-9,15H,3,10H2,1-2H3. The van der Waals surface area contributed by atoms with Crippen LogP contribution < -0.4 is 10.1 Å². The topological polar surface area (TPSA) is 47.0 Å². The van der Waals surface area contributed by atoms with E-state index in [0.29, 0.717) is 6.54 Å². The van der Waals surface area contributed by atoms with Crippen LogP contribution in [0, 0.1) is 0 Å². The quantitative estimate of drug-likeness (QED) is 0.875. The number of nitrogens with zero attached hydrogens (tertiary/aromatic N) is 2. The van der Waals surface area contributed by atoms with Crippen molar-refractivity contribution in [2.75, 3.05) is 13.7 Å². The maximum absolute atomic E-state index is 5.34. The Kier molecular flexibility index (Phi) is 4.25. The Labute approximate surface area is 107 Å². The molecule has 2 aromatic rings. The minimum absolute atomic E-state index is 0.680. The summed E-state index contributed by atoms with van der Waals surface area (Å²) in [5, 5.41) is 3.22. The Balaban J connectivity index is 2.32. The third kappa shape index (κ3) is 2.84. The summed E-state index contributed by atoms with van der Waals surface area (Å²) in [6.07, 6.45) is 1.78. The second kappa shape index (κ2) is 6.12. The van der Waals surface area contributed by atoms with Crippen molar-refractivity contribution in [1.82, 2.24) is 15.3 Å². The van der Waals surface area contributed by atoms with Crippen molar-refractivity contribution in [2.24, 2.45) is 0 Å². The van der Waals surface area contributed by atoms with Gasteiger partial charge >= 0.3 is 0 Å². The van der Waals surface area contributed by atoms with Crippen LogP contribution in [0.1, 0.15) is 12.7 Å². The van der Waals surface area contributed by atoms with E-state index in [1.165, 1.54) is 0 Å². The van der Waals surface area contributed by atoms with Gasteiger partial charge in [0.15, 0.2) is 0 Å². The highest BCUT2D eigenvalue weighted by atomic mass is 16.5. The lowest BCUT2D eigenvalue weighted by Gasteiger charge is -2.08. The fourth-order valence-corrected chi connectivity index (χ4v) is 1.73. The number of benzene rings is 1. The zero-order valence-corrected chi connectivity index (χ0v) is 10.7. The van der Waals surface area contributed by atoms with Gasteiger partial charge in [0.05, 0.1) is 19.3 Å². The van der Waals surface area contributed by atoms with Gasteiger partial charge in [-0.05, 0) is 24.7 Å². The maximum atomic E-state index is 5.34. The minimum Gasteiger partial charge on any atom is -0.496 e. The average molecular weight is 243 g/mol. The van der Waals surface area contributed by atoms with E-state index in [-0.39, 0.29) is 0 Å². The van der Waals surface area contributed by atoms with Crippen LogP contribution in [0.2, 0.25) is 0 Å². The number of aromatic nitrogens is 2. The predicted molar refractivity (Wildman–Crippen MR) is 71.4 cm³/mol. The maximum Gasteiger partial charge on any atom is 0.142 e. The molecule has 0 bridgehead atoms. The SMILES string of the molecule is CCNCc1nccc(-c2ccccc2OC)n1. The van der Waals surface area contributed by atoms with Gasteiger partial charge < -0.3 is 10.1 Å². The summed E-state index contributed by atoms with van der Waals surface area (Å²) < 4.78 is 5.34. The zero-order valence-electron chi connectivity index (χ0n) is 10.7. The van der Waals surface area contributed by atoms with Crippen LogP contribution in [0.4, 0.5) is 0 Å². The van der Waals surface area contributed by atoms with Gasteiger partial charge in [0, 0.05) is 11.8 Å². The molecule has 0 fully saturated rings. The lowest BCUT2D eigenvalue weighted by molar-refractivity contribution is 0.416. The van der Waals surface area contributed by atoms with Crippen LogP contribution in [0.3, 0.4) is 0 Å². The Morgan fingerprint density at radius 2 is 2.06 bits per heavy atom. The smallest absolute Gasteiger partial charge is 0.142 e. The first-order chi connectivity index (χ1) is 8.85. The van der Waals surface area contributed by atoms with Gasteiger partial charge in [0.1, 0.15) is 11.6 Å². The number of ether oxygens (including phenoxy) is 1. The minimum atomic E-state index is 0.680. The molecule has 0 saturated carbocycles. The molecule has 0 aliphatic carbocycles. The van der Waals surface area contributed by atoms with Crippen molar-refractivity contribution in [3.05, 3.63) is 42.4 Å². The first-order valence-electron chi connectivity index (χ1n) is 6.01. The molecule has 0 radical (unpaired) electrons. The Morgan fingerprint density at radius 3 is 2.83 bits per heavy atom. The molecule has 94 valence electrons. The van der Waals surface area contributed by atoms with E-state index in [4.69, 9.17) is 4.74 Å². The average Bonchev–Trinajstić information content (AvgIpc) is 2.45. The summed E-state index contributed by atoms with van der Waals surface area (Å²) in [7, 11) is 1.67. The van der Waals surface area contributed by atoms with Crippen LogP contribution >= 0.6 is 0 Å². The Hall–Kier alpha value is -1.94. The van der Waals surface area contributed by atoms with E-state index in [2.05, 4.69) is 22.2 Å². The molecule has 0 aliphatic heterocycles. The van der Waals surface area contributed by atoms with Crippen molar-refractivity contribution >= 4 is 0 Å². The van der Waals surface area contributed by atoms with E-state index in [1.54, 1.807) is 13.3 Å². The van der Waals surface area contributed by atoms with Crippen LogP contribution in [0.5, 0.6) is 5.75 Å². The molecule has 4 nitrogen and oxygen atoms in total. The molecular formula is C14H17N3O. The first kappa shape index (κ1) is 12.5. The number of para-hydroxylation sites is 1. The van der Waals surface area contributed by atoms with Gasteiger partial charge in [-0.1, -0.05) is 19.1 Å². The van der Waals surface area contributed by atoms with Crippen molar-refractivity contribution in [3.8, 4) is 17.0 Å². The van der Waals surface area contributed by atoms with Crippen molar-refractivity contribution in [3.63, 3.8) is 0 Å². The van der Waals surface area contributed by atoms with E-state index >= 15 is 0 Å². The predicted octanol–water partition coefficient (Wildman–Crippen LogP) is 2.26. The van der Waals surface area contributed by atoms with E-state index < -0.39 is 0 Å². The molecule has 0 unspecified atom stereocenters. The third-order valence-electron chi connectivity index (χ3n) is 2.62. The molecule has 0 saturated heterocycles. The molecule has 2 rings (SSSR count). The largest absolute Gasteiger partial charge is 0.496 e. The normalized spacial score (nSPS) is 10.3. The molecule has 1 aromatic carbocycles. The molecule has 1 N–H and O–H groups in total. The van der Waals surface area contributed by atoms with Crippen molar-refractivity contribution in [2.45, 2.75) is 13.5 Å². The molecule has 0 spiro atoms. The third-order valence-corrected chi connectivity index (χ3v) is 2.62. The Bertz CT molecular complexity index is 514. The monoisotopic (exact) mass is 243 g/mol. The molecule has 0 aliphatic rings. The van der Waals surface area contributed by atoms with Gasteiger partial charge in [0.25, 0.3) is 0 Å². The number of methoxy groups -OCH3 is 1. The molecule has 4 heteroatoms. The van der Waals surface area contributed by atoms with E-state index in [9.17, 15) is 0 Å². The first-order valence-corrected chi connectivity index (χ1v) is 6.01. The van der Waals surface area contributed by atoms with Crippen LogP contribution in [0.25, 0.3) is 11.3 Å². The second-order valence-corrected chi connectivity index (χ2v) is 3.84. The van der Waals surface area contributed by atoms with E-state index in [1.807, 2.05) is 30.3 Å². The van der Waals surface area contributed by atoms with Crippen LogP contribution in [-0.4, -0.2) is 23.6 Å². The highest BCUT2D eigenvalue weighted by molar-refractivity contribution is 5.66. The Morgan fingerprint density at radius 1 is 1.22 bits per heavy atom. The van der Waals surface area contributed by atoms with E-state index in [0.717, 1.165) is 29.4 Å². The summed E-state index contributed by atoms with van der Waals surface area (Å²) >= 11 is 0. The lowest BCUT2D eigenvalue weighted by Crippen LogP contribution is -2.14. The molecular weight excluding hydrogens is 226 g/mol. The van der Waals surface area contributed by atoms with Gasteiger partial charge in [-0.15, -0.1) is 0 Å². The summed E-state index contributed by atoms with van der Waals surface area (Å²) in [6.45, 7) is 3.64. The number of rotatable bonds is 5. The molecule has 18 heavy (non-hydrogen) atoms. The van der Waals surface area contributed by atoms with Gasteiger partial charge in [-0.3, -0.25) is 0 Å². The lowest BCUT2D eigenvalue weighted by atomic mass is 10.1. The van der Waals surface area contributed by atoms with Crippen molar-refractivity contribution < 1.29 is 4.74 Å². The van der Waals surface area contributed by atoms with Gasteiger partial charge in [0.2, 0.25) is 0 Å². The molecule has 0 amide bonds. The molecule has 0 atom stereocenters. The van der Waals surface area contributed by atoms with Crippen LogP contribution in [-0.2, 0) is 6.54 Å².